The lowest BCUT2D eigenvalue weighted by atomic mass is 9.99. The zero-order chi connectivity index (χ0) is 14.3. The molecule has 1 heterocycles. The van der Waals surface area contributed by atoms with E-state index < -0.39 is 5.97 Å². The van der Waals surface area contributed by atoms with E-state index in [0.29, 0.717) is 5.02 Å². The highest BCUT2D eigenvalue weighted by Gasteiger charge is 2.19. The van der Waals surface area contributed by atoms with Crippen LogP contribution in [0.25, 0.3) is 11.1 Å². The molecule has 0 saturated carbocycles. The van der Waals surface area contributed by atoms with E-state index in [1.54, 1.807) is 12.1 Å². The normalized spacial score (nSPS) is 16.6. The van der Waals surface area contributed by atoms with Gasteiger partial charge in [0, 0.05) is 11.4 Å². The van der Waals surface area contributed by atoms with Gasteiger partial charge in [-0.1, -0.05) is 17.7 Å². The molecule has 0 bridgehead atoms. The first-order valence-corrected chi connectivity index (χ1v) is 6.74. The van der Waals surface area contributed by atoms with Crippen molar-refractivity contribution < 1.29 is 14.6 Å². The third kappa shape index (κ3) is 2.37. The Balaban J connectivity index is 2.06. The number of halogens is 1. The Bertz CT molecular complexity index is 694. The van der Waals surface area contributed by atoms with Crippen molar-refractivity contribution >= 4 is 17.6 Å². The van der Waals surface area contributed by atoms with Crippen LogP contribution in [-0.4, -0.2) is 17.2 Å². The minimum atomic E-state index is -0.980. The first-order valence-electron chi connectivity index (χ1n) is 6.37. The van der Waals surface area contributed by atoms with Gasteiger partial charge < -0.3 is 9.84 Å². The molecule has 1 aliphatic heterocycles. The smallest absolute Gasteiger partial charge is 0.335 e. The Labute approximate surface area is 121 Å². The highest BCUT2D eigenvalue weighted by Crippen LogP contribution is 2.33. The van der Waals surface area contributed by atoms with E-state index in [1.165, 1.54) is 6.07 Å². The number of ether oxygens (including phenoxy) is 1. The van der Waals surface area contributed by atoms with Crippen LogP contribution in [0.15, 0.2) is 36.4 Å². The molecule has 4 heteroatoms. The summed E-state index contributed by atoms with van der Waals surface area (Å²) in [5.74, 6) is -0.0754. The summed E-state index contributed by atoms with van der Waals surface area (Å²) < 4.78 is 5.66. The minimum absolute atomic E-state index is 0.189. The summed E-state index contributed by atoms with van der Waals surface area (Å²) in [6.45, 7) is 2.03. The van der Waals surface area contributed by atoms with Gasteiger partial charge in [-0.3, -0.25) is 0 Å². The van der Waals surface area contributed by atoms with Gasteiger partial charge in [-0.25, -0.2) is 4.79 Å². The van der Waals surface area contributed by atoms with Crippen LogP contribution in [0.2, 0.25) is 5.02 Å². The highest BCUT2D eigenvalue weighted by molar-refractivity contribution is 6.31. The molecule has 0 aliphatic carbocycles. The summed E-state index contributed by atoms with van der Waals surface area (Å²) in [4.78, 5) is 11.1. The molecule has 0 aromatic heterocycles. The van der Waals surface area contributed by atoms with Crippen LogP contribution in [0, 0.1) is 0 Å². The first kappa shape index (κ1) is 13.0. The van der Waals surface area contributed by atoms with Crippen molar-refractivity contribution in [3.63, 3.8) is 0 Å². The quantitative estimate of drug-likeness (QED) is 0.907. The molecule has 1 N–H and O–H groups in total. The fourth-order valence-corrected chi connectivity index (χ4v) is 2.72. The monoisotopic (exact) mass is 288 g/mol. The number of carbonyl (C=O) groups is 1. The van der Waals surface area contributed by atoms with Crippen molar-refractivity contribution in [1.82, 2.24) is 0 Å². The van der Waals surface area contributed by atoms with Gasteiger partial charge in [-0.05, 0) is 53.9 Å². The van der Waals surface area contributed by atoms with Gasteiger partial charge in [0.05, 0.1) is 5.56 Å². The molecule has 3 nitrogen and oxygen atoms in total. The standard InChI is InChI=1S/C16H13ClO3/c1-9-4-12-5-10(2-3-15(12)20-9)11-6-13(16(18)19)8-14(17)7-11/h2-3,5-9H,4H2,1H3,(H,18,19). The zero-order valence-corrected chi connectivity index (χ0v) is 11.6. The van der Waals surface area contributed by atoms with Gasteiger partial charge in [0.25, 0.3) is 0 Å². The average molecular weight is 289 g/mol. The number of hydrogen-bond donors (Lipinski definition) is 1. The Morgan fingerprint density at radius 3 is 2.80 bits per heavy atom. The second-order valence-corrected chi connectivity index (χ2v) is 5.43. The van der Waals surface area contributed by atoms with Crippen molar-refractivity contribution in [1.29, 1.82) is 0 Å². The number of carboxylic acids is 1. The van der Waals surface area contributed by atoms with E-state index in [4.69, 9.17) is 21.4 Å². The summed E-state index contributed by atoms with van der Waals surface area (Å²) in [6.07, 6.45) is 1.06. The van der Waals surface area contributed by atoms with Crippen LogP contribution >= 0.6 is 11.6 Å². The van der Waals surface area contributed by atoms with E-state index in [2.05, 4.69) is 0 Å². The molecule has 0 amide bonds. The summed E-state index contributed by atoms with van der Waals surface area (Å²) >= 11 is 6.00. The van der Waals surface area contributed by atoms with Gasteiger partial charge in [-0.15, -0.1) is 0 Å². The summed E-state index contributed by atoms with van der Waals surface area (Å²) in [6, 6.07) is 10.7. The fourth-order valence-electron chi connectivity index (χ4n) is 2.48. The van der Waals surface area contributed by atoms with Gasteiger partial charge in [0.2, 0.25) is 0 Å². The third-order valence-electron chi connectivity index (χ3n) is 3.37. The van der Waals surface area contributed by atoms with Crippen LogP contribution in [0.5, 0.6) is 5.75 Å². The molecular formula is C16H13ClO3. The molecule has 0 fully saturated rings. The van der Waals surface area contributed by atoms with Crippen molar-refractivity contribution in [3.05, 3.63) is 52.5 Å². The number of rotatable bonds is 2. The molecule has 0 radical (unpaired) electrons. The molecule has 2 aromatic rings. The van der Waals surface area contributed by atoms with Gasteiger partial charge in [0.15, 0.2) is 0 Å². The lowest BCUT2D eigenvalue weighted by Gasteiger charge is -2.07. The van der Waals surface area contributed by atoms with E-state index >= 15 is 0 Å². The predicted molar refractivity (Wildman–Crippen MR) is 77.6 cm³/mol. The lowest BCUT2D eigenvalue weighted by molar-refractivity contribution is 0.0697. The molecule has 0 spiro atoms. The maximum absolute atomic E-state index is 11.1. The minimum Gasteiger partial charge on any atom is -0.490 e. The van der Waals surface area contributed by atoms with E-state index in [-0.39, 0.29) is 11.7 Å². The average Bonchev–Trinajstić information content (AvgIpc) is 2.76. The molecule has 20 heavy (non-hydrogen) atoms. The lowest BCUT2D eigenvalue weighted by Crippen LogP contribution is -2.05. The topological polar surface area (TPSA) is 46.5 Å². The van der Waals surface area contributed by atoms with E-state index in [0.717, 1.165) is 28.9 Å². The van der Waals surface area contributed by atoms with Crippen LogP contribution in [0.1, 0.15) is 22.8 Å². The third-order valence-corrected chi connectivity index (χ3v) is 3.59. The van der Waals surface area contributed by atoms with Gasteiger partial charge in [0.1, 0.15) is 11.9 Å². The molecule has 0 saturated heterocycles. The molecule has 1 aliphatic rings. The maximum atomic E-state index is 11.1. The number of aromatic carboxylic acids is 1. The Kier molecular flexibility index (Phi) is 3.14. The van der Waals surface area contributed by atoms with Crippen LogP contribution in [0.3, 0.4) is 0 Å². The van der Waals surface area contributed by atoms with Gasteiger partial charge >= 0.3 is 5.97 Å². The molecule has 1 atom stereocenters. The Hall–Kier alpha value is -2.00. The fraction of sp³-hybridized carbons (Fsp3) is 0.188. The maximum Gasteiger partial charge on any atom is 0.335 e. The SMILES string of the molecule is CC1Cc2cc(-c3cc(Cl)cc(C(=O)O)c3)ccc2O1. The Morgan fingerprint density at radius 2 is 2.05 bits per heavy atom. The molecule has 3 rings (SSSR count). The van der Waals surface area contributed by atoms with Crippen molar-refractivity contribution in [2.24, 2.45) is 0 Å². The summed E-state index contributed by atoms with van der Waals surface area (Å²) in [7, 11) is 0. The highest BCUT2D eigenvalue weighted by atomic mass is 35.5. The Morgan fingerprint density at radius 1 is 1.25 bits per heavy atom. The van der Waals surface area contributed by atoms with E-state index in [1.807, 2.05) is 25.1 Å². The summed E-state index contributed by atoms with van der Waals surface area (Å²) in [5.41, 5.74) is 3.09. The van der Waals surface area contributed by atoms with Crippen molar-refractivity contribution in [3.8, 4) is 16.9 Å². The molecule has 1 unspecified atom stereocenters. The zero-order valence-electron chi connectivity index (χ0n) is 10.9. The largest absolute Gasteiger partial charge is 0.490 e. The van der Waals surface area contributed by atoms with Crippen LogP contribution in [0.4, 0.5) is 0 Å². The molecular weight excluding hydrogens is 276 g/mol. The second-order valence-electron chi connectivity index (χ2n) is 4.99. The number of fused-ring (bicyclic) bond motifs is 1. The van der Waals surface area contributed by atoms with Crippen molar-refractivity contribution in [2.75, 3.05) is 0 Å². The second kappa shape index (κ2) is 4.84. The summed E-state index contributed by atoms with van der Waals surface area (Å²) in [5, 5.41) is 9.51. The number of carboxylic acid groups (broad SMARTS) is 1. The van der Waals surface area contributed by atoms with Crippen molar-refractivity contribution in [2.45, 2.75) is 19.4 Å². The molecule has 2 aromatic carbocycles. The van der Waals surface area contributed by atoms with Crippen LogP contribution in [-0.2, 0) is 6.42 Å². The number of hydrogen-bond acceptors (Lipinski definition) is 2. The predicted octanol–water partition coefficient (Wildman–Crippen LogP) is 4.03. The molecule has 102 valence electrons. The van der Waals surface area contributed by atoms with Crippen LogP contribution < -0.4 is 4.74 Å². The number of benzene rings is 2. The van der Waals surface area contributed by atoms with Gasteiger partial charge in [-0.2, -0.15) is 0 Å². The van der Waals surface area contributed by atoms with E-state index in [9.17, 15) is 4.79 Å². The first-order chi connectivity index (χ1) is 9.52.